The van der Waals surface area contributed by atoms with E-state index in [0.717, 1.165) is 4.31 Å². The molecule has 0 amide bonds. The lowest BCUT2D eigenvalue weighted by Crippen LogP contribution is -2.27. The zero-order chi connectivity index (χ0) is 15.6. The minimum absolute atomic E-state index is 0.0482. The third-order valence-electron chi connectivity index (χ3n) is 2.90. The standard InChI is InChI=1S/C13H14BrN3O3S/c1-17(10-4-3-5-11(7-10)20-2)21(18,19)12-6-9(14)8-16-13(12)15/h3-8H,1-2H3,(H2,15,16). The van der Waals surface area contributed by atoms with E-state index in [1.807, 2.05) is 0 Å². The summed E-state index contributed by atoms with van der Waals surface area (Å²) in [5.41, 5.74) is 6.15. The van der Waals surface area contributed by atoms with E-state index in [0.29, 0.717) is 15.9 Å². The number of anilines is 2. The van der Waals surface area contributed by atoms with Crippen LogP contribution in [0.5, 0.6) is 5.75 Å². The highest BCUT2D eigenvalue weighted by molar-refractivity contribution is 9.10. The number of sulfonamides is 1. The Morgan fingerprint density at radius 1 is 1.33 bits per heavy atom. The zero-order valence-corrected chi connectivity index (χ0v) is 13.8. The third kappa shape index (κ3) is 3.11. The van der Waals surface area contributed by atoms with Gasteiger partial charge in [-0.15, -0.1) is 0 Å². The van der Waals surface area contributed by atoms with E-state index in [9.17, 15) is 8.42 Å². The molecule has 2 rings (SSSR count). The van der Waals surface area contributed by atoms with E-state index in [-0.39, 0.29) is 10.7 Å². The number of methoxy groups -OCH3 is 1. The largest absolute Gasteiger partial charge is 0.497 e. The predicted octanol–water partition coefficient (Wildman–Crippen LogP) is 2.26. The van der Waals surface area contributed by atoms with E-state index >= 15 is 0 Å². The molecule has 2 aromatic rings. The molecule has 112 valence electrons. The molecule has 0 aliphatic rings. The first-order chi connectivity index (χ1) is 9.86. The summed E-state index contributed by atoms with van der Waals surface area (Å²) in [7, 11) is -0.843. The summed E-state index contributed by atoms with van der Waals surface area (Å²) >= 11 is 3.20. The van der Waals surface area contributed by atoms with Crippen LogP contribution in [0, 0.1) is 0 Å². The summed E-state index contributed by atoms with van der Waals surface area (Å²) < 4.78 is 32.1. The van der Waals surface area contributed by atoms with Gasteiger partial charge in [-0.3, -0.25) is 4.31 Å². The van der Waals surface area contributed by atoms with Crippen molar-refractivity contribution in [1.82, 2.24) is 4.98 Å². The molecule has 0 spiro atoms. The number of pyridine rings is 1. The maximum atomic E-state index is 12.6. The number of hydrogen-bond acceptors (Lipinski definition) is 5. The molecule has 21 heavy (non-hydrogen) atoms. The van der Waals surface area contributed by atoms with Crippen molar-refractivity contribution in [2.45, 2.75) is 4.90 Å². The quantitative estimate of drug-likeness (QED) is 0.890. The second-order valence-electron chi connectivity index (χ2n) is 4.21. The van der Waals surface area contributed by atoms with Crippen LogP contribution in [0.25, 0.3) is 0 Å². The van der Waals surface area contributed by atoms with Gasteiger partial charge in [-0.25, -0.2) is 13.4 Å². The molecule has 0 aliphatic heterocycles. The fourth-order valence-corrected chi connectivity index (χ4v) is 3.49. The third-order valence-corrected chi connectivity index (χ3v) is 5.15. The average molecular weight is 372 g/mol. The van der Waals surface area contributed by atoms with Crippen molar-refractivity contribution >= 4 is 37.5 Å². The Balaban J connectivity index is 2.49. The van der Waals surface area contributed by atoms with Gasteiger partial charge in [0.15, 0.2) is 0 Å². The summed E-state index contributed by atoms with van der Waals surface area (Å²) in [6.07, 6.45) is 1.44. The lowest BCUT2D eigenvalue weighted by atomic mass is 10.3. The summed E-state index contributed by atoms with van der Waals surface area (Å²) in [5, 5.41) is 0. The fourth-order valence-electron chi connectivity index (χ4n) is 1.73. The van der Waals surface area contributed by atoms with Crippen LogP contribution >= 0.6 is 15.9 Å². The molecule has 0 atom stereocenters. The summed E-state index contributed by atoms with van der Waals surface area (Å²) in [4.78, 5) is 3.80. The molecule has 0 fully saturated rings. The normalized spacial score (nSPS) is 11.2. The molecule has 1 aromatic carbocycles. The van der Waals surface area contributed by atoms with Gasteiger partial charge in [0.05, 0.1) is 12.8 Å². The minimum atomic E-state index is -3.81. The summed E-state index contributed by atoms with van der Waals surface area (Å²) in [6.45, 7) is 0. The van der Waals surface area contributed by atoms with Crippen LogP contribution in [-0.4, -0.2) is 27.6 Å². The van der Waals surface area contributed by atoms with Gasteiger partial charge >= 0.3 is 0 Å². The SMILES string of the molecule is COc1cccc(N(C)S(=O)(=O)c2cc(Br)cnc2N)c1. The van der Waals surface area contributed by atoms with Crippen molar-refractivity contribution < 1.29 is 13.2 Å². The smallest absolute Gasteiger partial charge is 0.267 e. The van der Waals surface area contributed by atoms with Gasteiger partial charge in [0.1, 0.15) is 16.5 Å². The van der Waals surface area contributed by atoms with Crippen LogP contribution in [-0.2, 0) is 10.0 Å². The van der Waals surface area contributed by atoms with Gasteiger partial charge in [-0.1, -0.05) is 6.07 Å². The van der Waals surface area contributed by atoms with E-state index < -0.39 is 10.0 Å². The highest BCUT2D eigenvalue weighted by atomic mass is 79.9. The lowest BCUT2D eigenvalue weighted by Gasteiger charge is -2.20. The average Bonchev–Trinajstić information content (AvgIpc) is 2.48. The van der Waals surface area contributed by atoms with Crippen LogP contribution < -0.4 is 14.8 Å². The Hall–Kier alpha value is -1.80. The van der Waals surface area contributed by atoms with Crippen molar-refractivity contribution in [2.75, 3.05) is 24.2 Å². The van der Waals surface area contributed by atoms with Crippen molar-refractivity contribution in [3.05, 3.63) is 41.0 Å². The van der Waals surface area contributed by atoms with E-state index in [2.05, 4.69) is 20.9 Å². The molecule has 0 radical (unpaired) electrons. The number of nitrogen functional groups attached to an aromatic ring is 1. The van der Waals surface area contributed by atoms with Gasteiger partial charge in [-0.05, 0) is 34.1 Å². The summed E-state index contributed by atoms with van der Waals surface area (Å²) in [6, 6.07) is 8.16. The highest BCUT2D eigenvalue weighted by Crippen LogP contribution is 2.28. The molecule has 6 nitrogen and oxygen atoms in total. The van der Waals surface area contributed by atoms with Gasteiger partial charge in [0.25, 0.3) is 10.0 Å². The maximum absolute atomic E-state index is 12.6. The number of benzene rings is 1. The number of hydrogen-bond donors (Lipinski definition) is 1. The van der Waals surface area contributed by atoms with E-state index in [1.165, 1.54) is 26.4 Å². The first-order valence-corrected chi connectivity index (χ1v) is 8.13. The second kappa shape index (κ2) is 5.90. The monoisotopic (exact) mass is 371 g/mol. The number of nitrogens with zero attached hydrogens (tertiary/aromatic N) is 2. The molecule has 0 aliphatic carbocycles. The van der Waals surface area contributed by atoms with Crippen molar-refractivity contribution in [3.8, 4) is 5.75 Å². The number of aromatic nitrogens is 1. The minimum Gasteiger partial charge on any atom is -0.497 e. The topological polar surface area (TPSA) is 85.5 Å². The van der Waals surface area contributed by atoms with Crippen LogP contribution in [0.15, 0.2) is 45.9 Å². The molecule has 0 bridgehead atoms. The van der Waals surface area contributed by atoms with Crippen LogP contribution in [0.1, 0.15) is 0 Å². The van der Waals surface area contributed by atoms with Crippen molar-refractivity contribution in [2.24, 2.45) is 0 Å². The Bertz CT molecular complexity index is 765. The van der Waals surface area contributed by atoms with Crippen LogP contribution in [0.3, 0.4) is 0 Å². The molecule has 2 N–H and O–H groups in total. The van der Waals surface area contributed by atoms with E-state index in [1.54, 1.807) is 24.3 Å². The van der Waals surface area contributed by atoms with Crippen molar-refractivity contribution in [3.63, 3.8) is 0 Å². The molecule has 1 aromatic heterocycles. The summed E-state index contributed by atoms with van der Waals surface area (Å²) in [5.74, 6) is 0.517. The molecule has 1 heterocycles. The Labute approximate surface area is 131 Å². The number of ether oxygens (including phenoxy) is 1. The van der Waals surface area contributed by atoms with Crippen LogP contribution in [0.4, 0.5) is 11.5 Å². The maximum Gasteiger partial charge on any atom is 0.267 e. The fraction of sp³-hybridized carbons (Fsp3) is 0.154. The van der Waals surface area contributed by atoms with Gasteiger partial charge in [0, 0.05) is 23.8 Å². The molecule has 0 saturated heterocycles. The Morgan fingerprint density at radius 2 is 2.05 bits per heavy atom. The first-order valence-electron chi connectivity index (χ1n) is 5.90. The van der Waals surface area contributed by atoms with Gasteiger partial charge in [-0.2, -0.15) is 0 Å². The van der Waals surface area contributed by atoms with Gasteiger partial charge < -0.3 is 10.5 Å². The highest BCUT2D eigenvalue weighted by Gasteiger charge is 2.25. The van der Waals surface area contributed by atoms with Crippen molar-refractivity contribution in [1.29, 1.82) is 0 Å². The molecule has 0 saturated carbocycles. The second-order valence-corrected chi connectivity index (χ2v) is 7.06. The van der Waals surface area contributed by atoms with Gasteiger partial charge in [0.2, 0.25) is 0 Å². The molecular weight excluding hydrogens is 358 g/mol. The van der Waals surface area contributed by atoms with E-state index in [4.69, 9.17) is 10.5 Å². The molecule has 0 unspecified atom stereocenters. The number of rotatable bonds is 4. The number of nitrogens with two attached hydrogens (primary N) is 1. The molecular formula is C13H14BrN3O3S. The Kier molecular flexibility index (Phi) is 4.38. The lowest BCUT2D eigenvalue weighted by molar-refractivity contribution is 0.415. The Morgan fingerprint density at radius 3 is 2.71 bits per heavy atom. The zero-order valence-electron chi connectivity index (χ0n) is 11.4. The first kappa shape index (κ1) is 15.6. The van der Waals surface area contributed by atoms with Crippen LogP contribution in [0.2, 0.25) is 0 Å². The number of halogens is 1. The molecule has 8 heteroatoms. The predicted molar refractivity (Wildman–Crippen MR) is 84.9 cm³/mol.